The molecule has 1 aromatic rings. The molecule has 0 saturated carbocycles. The number of aryl methyl sites for hydroxylation is 1. The highest BCUT2D eigenvalue weighted by Crippen LogP contribution is 2.20. The summed E-state index contributed by atoms with van der Waals surface area (Å²) in [5, 5.41) is 3.33. The van der Waals surface area contributed by atoms with Crippen molar-refractivity contribution in [2.75, 3.05) is 13.1 Å². The third-order valence-electron chi connectivity index (χ3n) is 3.79. The van der Waals surface area contributed by atoms with Gasteiger partial charge in [0.05, 0.1) is 16.6 Å². The predicted molar refractivity (Wildman–Crippen MR) is 79.5 cm³/mol. The first-order valence-corrected chi connectivity index (χ1v) is 8.48. The third-order valence-corrected chi connectivity index (χ3v) is 5.02. The first-order valence-electron chi connectivity index (χ1n) is 7.06. The van der Waals surface area contributed by atoms with Crippen molar-refractivity contribution in [2.45, 2.75) is 57.4 Å². The van der Waals surface area contributed by atoms with E-state index >= 15 is 0 Å². The Morgan fingerprint density at radius 2 is 2.39 bits per heavy atom. The van der Waals surface area contributed by atoms with Crippen LogP contribution in [0.2, 0.25) is 0 Å². The van der Waals surface area contributed by atoms with Crippen molar-refractivity contribution >= 4 is 22.9 Å². The zero-order valence-electron chi connectivity index (χ0n) is 11.2. The number of halogens is 1. The quantitative estimate of drug-likeness (QED) is 0.733. The molecule has 1 unspecified atom stereocenters. The lowest BCUT2D eigenvalue weighted by molar-refractivity contribution is 0.142. The van der Waals surface area contributed by atoms with Gasteiger partial charge in [-0.25, -0.2) is 4.98 Å². The second-order valence-electron chi connectivity index (χ2n) is 5.06. The summed E-state index contributed by atoms with van der Waals surface area (Å²) in [4.78, 5) is 7.20. The van der Waals surface area contributed by atoms with Crippen LogP contribution in [-0.2, 0) is 12.3 Å². The zero-order chi connectivity index (χ0) is 12.8. The molecule has 0 amide bonds. The summed E-state index contributed by atoms with van der Waals surface area (Å²) in [7, 11) is 0. The average molecular weight is 287 g/mol. The molecule has 2 nitrogen and oxygen atoms in total. The van der Waals surface area contributed by atoms with Crippen LogP contribution in [0.3, 0.4) is 0 Å². The van der Waals surface area contributed by atoms with E-state index in [2.05, 4.69) is 22.2 Å². The number of alkyl halides is 1. The lowest BCUT2D eigenvalue weighted by atomic mass is 10.00. The van der Waals surface area contributed by atoms with E-state index < -0.39 is 0 Å². The molecule has 0 aromatic carbocycles. The van der Waals surface area contributed by atoms with Gasteiger partial charge in [-0.2, -0.15) is 0 Å². The predicted octanol–water partition coefficient (Wildman–Crippen LogP) is 4.08. The molecule has 0 radical (unpaired) electrons. The molecule has 4 heteroatoms. The standard InChI is InChI=1S/C14H23ClN2S/c1-2-13-6-3-4-8-17(13)9-5-7-14-16-12(10-15)11-18-14/h11,13H,2-10H2,1H3. The number of likely N-dealkylation sites (tertiary alicyclic amines) is 1. The highest BCUT2D eigenvalue weighted by Gasteiger charge is 2.19. The fraction of sp³-hybridized carbons (Fsp3) is 0.786. The van der Waals surface area contributed by atoms with Crippen LogP contribution in [0.1, 0.15) is 49.7 Å². The maximum absolute atomic E-state index is 5.77. The number of piperidine rings is 1. The Morgan fingerprint density at radius 3 is 3.11 bits per heavy atom. The first-order chi connectivity index (χ1) is 8.83. The van der Waals surface area contributed by atoms with Crippen LogP contribution >= 0.6 is 22.9 Å². The normalized spacial score (nSPS) is 21.3. The van der Waals surface area contributed by atoms with Gasteiger partial charge in [-0.1, -0.05) is 13.3 Å². The molecule has 0 N–H and O–H groups in total. The number of nitrogens with zero attached hydrogens (tertiary/aromatic N) is 2. The van der Waals surface area contributed by atoms with Crippen molar-refractivity contribution in [1.82, 2.24) is 9.88 Å². The van der Waals surface area contributed by atoms with E-state index in [9.17, 15) is 0 Å². The van der Waals surface area contributed by atoms with Gasteiger partial charge >= 0.3 is 0 Å². The molecular weight excluding hydrogens is 264 g/mol. The van der Waals surface area contributed by atoms with Crippen molar-refractivity contribution < 1.29 is 0 Å². The topological polar surface area (TPSA) is 16.1 Å². The Kier molecular flexibility index (Phi) is 5.93. The molecule has 1 saturated heterocycles. The molecule has 0 spiro atoms. The van der Waals surface area contributed by atoms with Gasteiger partial charge in [0, 0.05) is 17.8 Å². The van der Waals surface area contributed by atoms with E-state index in [0.29, 0.717) is 5.88 Å². The van der Waals surface area contributed by atoms with E-state index in [1.165, 1.54) is 50.2 Å². The fourth-order valence-corrected chi connectivity index (χ4v) is 3.84. The SMILES string of the molecule is CCC1CCCCN1CCCc1nc(CCl)cs1. The van der Waals surface area contributed by atoms with Crippen molar-refractivity contribution in [3.63, 3.8) is 0 Å². The van der Waals surface area contributed by atoms with Crippen LogP contribution in [0.4, 0.5) is 0 Å². The highest BCUT2D eigenvalue weighted by molar-refractivity contribution is 7.09. The Morgan fingerprint density at radius 1 is 1.50 bits per heavy atom. The van der Waals surface area contributed by atoms with Gasteiger partial charge in [-0.3, -0.25) is 0 Å². The van der Waals surface area contributed by atoms with E-state index in [4.69, 9.17) is 11.6 Å². The molecule has 1 fully saturated rings. The summed E-state index contributed by atoms with van der Waals surface area (Å²) in [5.41, 5.74) is 1.03. The maximum atomic E-state index is 5.77. The maximum Gasteiger partial charge on any atom is 0.0929 e. The third kappa shape index (κ3) is 3.94. The monoisotopic (exact) mass is 286 g/mol. The van der Waals surface area contributed by atoms with E-state index in [1.54, 1.807) is 11.3 Å². The molecule has 0 bridgehead atoms. The second kappa shape index (κ2) is 7.46. The smallest absolute Gasteiger partial charge is 0.0929 e. The fourth-order valence-electron chi connectivity index (χ4n) is 2.78. The van der Waals surface area contributed by atoms with Crippen LogP contribution in [0.15, 0.2) is 5.38 Å². The minimum Gasteiger partial charge on any atom is -0.300 e. The first kappa shape index (κ1) is 14.3. The average Bonchev–Trinajstić information content (AvgIpc) is 2.87. The van der Waals surface area contributed by atoms with Gasteiger partial charge in [0.25, 0.3) is 0 Å². The Hall–Kier alpha value is -0.120. The summed E-state index contributed by atoms with van der Waals surface area (Å²) in [6.45, 7) is 4.84. The summed E-state index contributed by atoms with van der Waals surface area (Å²) >= 11 is 7.52. The molecule has 18 heavy (non-hydrogen) atoms. The lowest BCUT2D eigenvalue weighted by Crippen LogP contribution is -2.39. The van der Waals surface area contributed by atoms with Gasteiger partial charge in [0.1, 0.15) is 0 Å². The molecule has 102 valence electrons. The number of thiazole rings is 1. The minimum absolute atomic E-state index is 0.542. The van der Waals surface area contributed by atoms with Crippen molar-refractivity contribution in [3.05, 3.63) is 16.1 Å². The molecule has 2 rings (SSSR count). The van der Waals surface area contributed by atoms with Gasteiger partial charge in [-0.05, 0) is 38.8 Å². The number of rotatable bonds is 6. The van der Waals surface area contributed by atoms with Crippen LogP contribution in [-0.4, -0.2) is 29.0 Å². The summed E-state index contributed by atoms with van der Waals surface area (Å²) in [6.07, 6.45) is 7.82. The molecule has 2 heterocycles. The van der Waals surface area contributed by atoms with E-state index in [1.807, 2.05) is 0 Å². The molecular formula is C14H23ClN2S. The summed E-state index contributed by atoms with van der Waals surface area (Å²) < 4.78 is 0. The van der Waals surface area contributed by atoms with Crippen LogP contribution in [0, 0.1) is 0 Å². The van der Waals surface area contributed by atoms with Crippen LogP contribution < -0.4 is 0 Å². The number of aromatic nitrogens is 1. The van der Waals surface area contributed by atoms with Gasteiger partial charge < -0.3 is 4.90 Å². The van der Waals surface area contributed by atoms with Crippen LogP contribution in [0.5, 0.6) is 0 Å². The molecule has 1 aliphatic heterocycles. The van der Waals surface area contributed by atoms with E-state index in [-0.39, 0.29) is 0 Å². The Bertz CT molecular complexity index is 353. The van der Waals surface area contributed by atoms with Crippen molar-refractivity contribution in [1.29, 1.82) is 0 Å². The van der Waals surface area contributed by atoms with Gasteiger partial charge in [0.2, 0.25) is 0 Å². The van der Waals surface area contributed by atoms with Crippen molar-refractivity contribution in [3.8, 4) is 0 Å². The lowest BCUT2D eigenvalue weighted by Gasteiger charge is -2.35. The van der Waals surface area contributed by atoms with Gasteiger partial charge in [0.15, 0.2) is 0 Å². The zero-order valence-corrected chi connectivity index (χ0v) is 12.8. The van der Waals surface area contributed by atoms with Crippen molar-refractivity contribution in [2.24, 2.45) is 0 Å². The van der Waals surface area contributed by atoms with Crippen LogP contribution in [0.25, 0.3) is 0 Å². The van der Waals surface area contributed by atoms with Gasteiger partial charge in [-0.15, -0.1) is 22.9 Å². The Balaban J connectivity index is 1.73. The summed E-state index contributed by atoms with van der Waals surface area (Å²) in [6, 6.07) is 0.827. The molecule has 1 atom stereocenters. The molecule has 0 aliphatic carbocycles. The van der Waals surface area contributed by atoms with E-state index in [0.717, 1.165) is 18.2 Å². The summed E-state index contributed by atoms with van der Waals surface area (Å²) in [5.74, 6) is 0.542. The highest BCUT2D eigenvalue weighted by atomic mass is 35.5. The molecule has 1 aromatic heterocycles. The number of hydrogen-bond donors (Lipinski definition) is 0. The minimum atomic E-state index is 0.542. The largest absolute Gasteiger partial charge is 0.300 e. The number of hydrogen-bond acceptors (Lipinski definition) is 3. The Labute approximate surface area is 119 Å². The molecule has 1 aliphatic rings. The second-order valence-corrected chi connectivity index (χ2v) is 6.27.